The zero-order chi connectivity index (χ0) is 15.2. The van der Waals surface area contributed by atoms with Crippen molar-refractivity contribution in [2.24, 2.45) is 0 Å². The Morgan fingerprint density at radius 3 is 2.71 bits per heavy atom. The van der Waals surface area contributed by atoms with Crippen LogP contribution in [0.1, 0.15) is 28.2 Å². The maximum Gasteiger partial charge on any atom is 0.348 e. The summed E-state index contributed by atoms with van der Waals surface area (Å²) in [5, 5.41) is 5.10. The molecule has 6 heteroatoms. The van der Waals surface area contributed by atoms with Crippen LogP contribution in [0.5, 0.6) is 0 Å². The van der Waals surface area contributed by atoms with Crippen molar-refractivity contribution in [3.05, 3.63) is 57.2 Å². The van der Waals surface area contributed by atoms with Crippen molar-refractivity contribution in [1.29, 1.82) is 0 Å². The zero-order valence-electron chi connectivity index (χ0n) is 11.3. The molecule has 4 nitrogen and oxygen atoms in total. The number of carbonyl (C=O) groups is 2. The minimum Gasteiger partial charge on any atom is -0.451 e. The van der Waals surface area contributed by atoms with Crippen LogP contribution in [0.3, 0.4) is 0 Å². The summed E-state index contributed by atoms with van der Waals surface area (Å²) in [5.41, 5.74) is 0.817. The molecule has 1 amide bonds. The molecule has 1 aromatic heterocycles. The number of nitrogens with one attached hydrogen (secondary N) is 1. The van der Waals surface area contributed by atoms with Crippen molar-refractivity contribution < 1.29 is 14.3 Å². The molecule has 0 saturated heterocycles. The Morgan fingerprint density at radius 2 is 2.05 bits per heavy atom. The van der Waals surface area contributed by atoms with Gasteiger partial charge in [-0.15, -0.1) is 11.3 Å². The predicted molar refractivity (Wildman–Crippen MR) is 82.6 cm³/mol. The van der Waals surface area contributed by atoms with E-state index < -0.39 is 5.97 Å². The van der Waals surface area contributed by atoms with Crippen LogP contribution in [0.2, 0.25) is 5.02 Å². The second kappa shape index (κ2) is 7.24. The standard InChI is InChI=1S/C15H14ClNO3S/c1-10(11-5-2-3-6-12(11)16)17-14(18)9-20-15(19)13-7-4-8-21-13/h2-8,10H,9H2,1H3,(H,17,18)/t10-/m1/s1. The lowest BCUT2D eigenvalue weighted by atomic mass is 10.1. The molecule has 1 atom stereocenters. The van der Waals surface area contributed by atoms with Crippen molar-refractivity contribution in [3.63, 3.8) is 0 Å². The largest absolute Gasteiger partial charge is 0.451 e. The van der Waals surface area contributed by atoms with E-state index in [2.05, 4.69) is 5.32 Å². The molecular formula is C15H14ClNO3S. The number of amides is 1. The number of thiophene rings is 1. The van der Waals surface area contributed by atoms with Crippen LogP contribution in [0.4, 0.5) is 0 Å². The van der Waals surface area contributed by atoms with Crippen molar-refractivity contribution in [3.8, 4) is 0 Å². The first-order chi connectivity index (χ1) is 10.1. The zero-order valence-corrected chi connectivity index (χ0v) is 12.9. The van der Waals surface area contributed by atoms with Gasteiger partial charge in [-0.25, -0.2) is 4.79 Å². The monoisotopic (exact) mass is 323 g/mol. The smallest absolute Gasteiger partial charge is 0.348 e. The summed E-state index contributed by atoms with van der Waals surface area (Å²) in [5.74, 6) is -0.863. The molecular weight excluding hydrogens is 310 g/mol. The number of carbonyl (C=O) groups excluding carboxylic acids is 2. The topological polar surface area (TPSA) is 55.4 Å². The van der Waals surface area contributed by atoms with Gasteiger partial charge in [0.2, 0.25) is 0 Å². The number of ether oxygens (including phenoxy) is 1. The van der Waals surface area contributed by atoms with Crippen LogP contribution in [0.15, 0.2) is 41.8 Å². The lowest BCUT2D eigenvalue weighted by Crippen LogP contribution is -2.31. The lowest BCUT2D eigenvalue weighted by Gasteiger charge is -2.15. The highest BCUT2D eigenvalue weighted by molar-refractivity contribution is 7.11. The summed E-state index contributed by atoms with van der Waals surface area (Å²) in [6.45, 7) is 1.51. The van der Waals surface area contributed by atoms with Gasteiger partial charge in [-0.1, -0.05) is 35.9 Å². The summed E-state index contributed by atoms with van der Waals surface area (Å²) in [6.07, 6.45) is 0. The second-order valence-electron chi connectivity index (χ2n) is 4.36. The Hall–Kier alpha value is -1.85. The van der Waals surface area contributed by atoms with Gasteiger partial charge >= 0.3 is 5.97 Å². The SMILES string of the molecule is C[C@@H](NC(=O)COC(=O)c1cccs1)c1ccccc1Cl. The van der Waals surface area contributed by atoms with E-state index in [4.69, 9.17) is 16.3 Å². The molecule has 0 saturated carbocycles. The maximum absolute atomic E-state index is 11.8. The first-order valence-electron chi connectivity index (χ1n) is 6.32. The fraction of sp³-hybridized carbons (Fsp3) is 0.200. The third-order valence-electron chi connectivity index (χ3n) is 2.81. The molecule has 0 bridgehead atoms. The second-order valence-corrected chi connectivity index (χ2v) is 5.72. The first-order valence-corrected chi connectivity index (χ1v) is 7.58. The van der Waals surface area contributed by atoms with Crippen LogP contribution >= 0.6 is 22.9 Å². The van der Waals surface area contributed by atoms with E-state index >= 15 is 0 Å². The van der Waals surface area contributed by atoms with Gasteiger partial charge in [-0.3, -0.25) is 4.79 Å². The van der Waals surface area contributed by atoms with E-state index in [9.17, 15) is 9.59 Å². The summed E-state index contributed by atoms with van der Waals surface area (Å²) in [4.78, 5) is 23.9. The van der Waals surface area contributed by atoms with Gasteiger partial charge in [-0.2, -0.15) is 0 Å². The van der Waals surface area contributed by atoms with Crippen molar-refractivity contribution in [1.82, 2.24) is 5.32 Å². The van der Waals surface area contributed by atoms with E-state index in [-0.39, 0.29) is 18.6 Å². The Morgan fingerprint density at radius 1 is 1.29 bits per heavy atom. The van der Waals surface area contributed by atoms with Gasteiger partial charge < -0.3 is 10.1 Å². The van der Waals surface area contributed by atoms with Gasteiger partial charge in [0.1, 0.15) is 4.88 Å². The minimum atomic E-state index is -0.495. The van der Waals surface area contributed by atoms with Gasteiger partial charge in [-0.05, 0) is 30.0 Å². The molecule has 0 aliphatic heterocycles. The number of benzene rings is 1. The molecule has 1 N–H and O–H groups in total. The summed E-state index contributed by atoms with van der Waals surface area (Å²) >= 11 is 7.33. The molecule has 0 spiro atoms. The summed E-state index contributed by atoms with van der Waals surface area (Å²) < 4.78 is 4.94. The van der Waals surface area contributed by atoms with E-state index in [1.807, 2.05) is 25.1 Å². The fourth-order valence-electron chi connectivity index (χ4n) is 1.78. The molecule has 2 aromatic rings. The molecule has 0 fully saturated rings. The van der Waals surface area contributed by atoms with Crippen molar-refractivity contribution in [2.75, 3.05) is 6.61 Å². The molecule has 0 radical (unpaired) electrons. The molecule has 0 aliphatic rings. The molecule has 1 heterocycles. The average molecular weight is 324 g/mol. The summed E-state index contributed by atoms with van der Waals surface area (Å²) in [6, 6.07) is 10.4. The molecule has 0 unspecified atom stereocenters. The van der Waals surface area contributed by atoms with E-state index in [1.54, 1.807) is 23.6 Å². The predicted octanol–water partition coefficient (Wildman–Crippen LogP) is 3.44. The third-order valence-corrected chi connectivity index (χ3v) is 4.00. The molecule has 2 rings (SSSR count). The Kier molecular flexibility index (Phi) is 5.36. The first kappa shape index (κ1) is 15.5. The minimum absolute atomic E-state index is 0.258. The van der Waals surface area contributed by atoms with Crippen molar-refractivity contribution in [2.45, 2.75) is 13.0 Å². The Bertz CT molecular complexity index is 628. The summed E-state index contributed by atoms with van der Waals surface area (Å²) in [7, 11) is 0. The Labute approximate surface area is 131 Å². The quantitative estimate of drug-likeness (QED) is 0.858. The van der Waals surface area contributed by atoms with E-state index in [1.165, 1.54) is 11.3 Å². The average Bonchev–Trinajstić information content (AvgIpc) is 2.99. The number of hydrogen-bond donors (Lipinski definition) is 1. The van der Waals surface area contributed by atoms with Crippen LogP contribution in [-0.4, -0.2) is 18.5 Å². The Balaban J connectivity index is 1.85. The highest BCUT2D eigenvalue weighted by atomic mass is 35.5. The molecule has 0 aliphatic carbocycles. The number of hydrogen-bond acceptors (Lipinski definition) is 4. The van der Waals surface area contributed by atoms with E-state index in [0.29, 0.717) is 9.90 Å². The van der Waals surface area contributed by atoms with Crippen LogP contribution < -0.4 is 5.32 Å². The normalized spacial score (nSPS) is 11.7. The van der Waals surface area contributed by atoms with Gasteiger partial charge in [0.25, 0.3) is 5.91 Å². The maximum atomic E-state index is 11.8. The number of rotatable bonds is 5. The lowest BCUT2D eigenvalue weighted by molar-refractivity contribution is -0.124. The van der Waals surface area contributed by atoms with Crippen LogP contribution in [0.25, 0.3) is 0 Å². The van der Waals surface area contributed by atoms with E-state index in [0.717, 1.165) is 5.56 Å². The third kappa shape index (κ3) is 4.31. The number of halogens is 1. The molecule has 1 aromatic carbocycles. The van der Waals surface area contributed by atoms with Gasteiger partial charge in [0.05, 0.1) is 6.04 Å². The molecule has 21 heavy (non-hydrogen) atoms. The van der Waals surface area contributed by atoms with Crippen LogP contribution in [0, 0.1) is 0 Å². The van der Waals surface area contributed by atoms with Gasteiger partial charge in [0, 0.05) is 5.02 Å². The fourth-order valence-corrected chi connectivity index (χ4v) is 2.70. The number of esters is 1. The van der Waals surface area contributed by atoms with Gasteiger partial charge in [0.15, 0.2) is 6.61 Å². The van der Waals surface area contributed by atoms with Crippen LogP contribution in [-0.2, 0) is 9.53 Å². The van der Waals surface area contributed by atoms with Crippen molar-refractivity contribution >= 4 is 34.8 Å². The highest BCUT2D eigenvalue weighted by Crippen LogP contribution is 2.21. The molecule has 110 valence electrons. The highest BCUT2D eigenvalue weighted by Gasteiger charge is 2.14.